The van der Waals surface area contributed by atoms with Crippen LogP contribution in [-0.2, 0) is 48.5 Å². The van der Waals surface area contributed by atoms with Crippen LogP contribution in [0.1, 0.15) is 46.3 Å². The maximum Gasteiger partial charge on any atom is 0.355 e. The monoisotopic (exact) mass is 759 g/mol. The van der Waals surface area contributed by atoms with Gasteiger partial charge in [-0.1, -0.05) is 41.4 Å². The van der Waals surface area contributed by atoms with Gasteiger partial charge in [0.15, 0.2) is 0 Å². The molecule has 0 unspecified atom stereocenters. The van der Waals surface area contributed by atoms with Gasteiger partial charge in [0, 0.05) is 44.6 Å². The topological polar surface area (TPSA) is 97.0 Å². The van der Waals surface area contributed by atoms with Crippen molar-refractivity contribution >= 4 is 62.6 Å². The van der Waals surface area contributed by atoms with Crippen molar-refractivity contribution in [2.24, 2.45) is 7.05 Å². The number of ether oxygens (including phenoxy) is 4. The van der Waals surface area contributed by atoms with E-state index in [-0.39, 0.29) is 13.2 Å². The van der Waals surface area contributed by atoms with Crippen LogP contribution in [-0.4, -0.2) is 52.4 Å². The van der Waals surface area contributed by atoms with Gasteiger partial charge in [-0.05, 0) is 84.8 Å². The van der Waals surface area contributed by atoms with Gasteiger partial charge in [-0.2, -0.15) is 5.10 Å². The van der Waals surface area contributed by atoms with Crippen molar-refractivity contribution in [3.8, 4) is 22.6 Å². The number of hydrogen-bond donors (Lipinski definition) is 1. The molecule has 4 aromatic carbocycles. The van der Waals surface area contributed by atoms with Crippen molar-refractivity contribution in [2.75, 3.05) is 26.9 Å². The standard InChI is InChI=1S/C40H39Cl2N3O6S/c1-4-50-40(47)39-30(31-13-14-32(42)36(38(31)44(39)2)37-33(21-46)43-45-15-17-49-22-34(37)45)6-5-16-51-35-20-28(19-25-18-26(41)9-12-29(25)35)52-23-24-7-10-27(48-3)11-8-24/h7-14,18-20,46H,4-6,15-17,21-23H2,1-3H3. The highest BCUT2D eigenvalue weighted by molar-refractivity contribution is 7.98. The average Bonchev–Trinajstić information content (AvgIpc) is 3.66. The summed E-state index contributed by atoms with van der Waals surface area (Å²) >= 11 is 15.1. The van der Waals surface area contributed by atoms with E-state index in [1.165, 1.54) is 5.56 Å². The number of aryl methyl sites for hydroxylation is 2. The number of benzene rings is 4. The largest absolute Gasteiger partial charge is 0.497 e. The first-order chi connectivity index (χ1) is 25.3. The number of carbonyl (C=O) groups excluding carboxylic acids is 1. The number of aliphatic hydroxyl groups is 1. The summed E-state index contributed by atoms with van der Waals surface area (Å²) < 4.78 is 26.9. The van der Waals surface area contributed by atoms with Gasteiger partial charge in [-0.15, -0.1) is 11.8 Å². The molecule has 3 heterocycles. The Hall–Kier alpha value is -4.19. The van der Waals surface area contributed by atoms with E-state index in [4.69, 9.17) is 42.1 Å². The Morgan fingerprint density at radius 3 is 2.62 bits per heavy atom. The van der Waals surface area contributed by atoms with Gasteiger partial charge in [0.05, 0.1) is 68.6 Å². The molecule has 2 aromatic heterocycles. The third kappa shape index (κ3) is 7.10. The van der Waals surface area contributed by atoms with Gasteiger partial charge in [0.1, 0.15) is 17.2 Å². The predicted octanol–water partition coefficient (Wildman–Crippen LogP) is 9.01. The molecule has 0 spiro atoms. The van der Waals surface area contributed by atoms with Crippen LogP contribution < -0.4 is 9.47 Å². The molecule has 0 saturated carbocycles. The lowest BCUT2D eigenvalue weighted by molar-refractivity contribution is 0.0514. The molecule has 270 valence electrons. The average molecular weight is 761 g/mol. The summed E-state index contributed by atoms with van der Waals surface area (Å²) in [5, 5.41) is 19.0. The number of rotatable bonds is 13. The minimum absolute atomic E-state index is 0.239. The molecule has 52 heavy (non-hydrogen) atoms. The summed E-state index contributed by atoms with van der Waals surface area (Å²) in [5.41, 5.74) is 6.07. The van der Waals surface area contributed by atoms with Crippen LogP contribution in [0.25, 0.3) is 32.8 Å². The van der Waals surface area contributed by atoms with Crippen LogP contribution in [0.15, 0.2) is 71.6 Å². The van der Waals surface area contributed by atoms with Gasteiger partial charge in [-0.25, -0.2) is 4.79 Å². The number of thioether (sulfide) groups is 1. The van der Waals surface area contributed by atoms with E-state index in [0.29, 0.717) is 66.2 Å². The Labute approximate surface area is 316 Å². The van der Waals surface area contributed by atoms with Crippen molar-refractivity contribution < 1.29 is 28.8 Å². The summed E-state index contributed by atoms with van der Waals surface area (Å²) in [6.45, 7) is 3.64. The van der Waals surface area contributed by atoms with E-state index in [1.54, 1.807) is 25.8 Å². The number of fused-ring (bicyclic) bond motifs is 3. The number of methoxy groups -OCH3 is 1. The molecular weight excluding hydrogens is 721 g/mol. The summed E-state index contributed by atoms with van der Waals surface area (Å²) in [7, 11) is 3.52. The molecule has 0 fully saturated rings. The van der Waals surface area contributed by atoms with Gasteiger partial charge in [0.2, 0.25) is 0 Å². The zero-order chi connectivity index (χ0) is 36.4. The van der Waals surface area contributed by atoms with Gasteiger partial charge in [-0.3, -0.25) is 4.68 Å². The number of aromatic nitrogens is 3. The fourth-order valence-corrected chi connectivity index (χ4v) is 8.31. The highest BCUT2D eigenvalue weighted by atomic mass is 35.5. The third-order valence-electron chi connectivity index (χ3n) is 9.34. The molecule has 0 bridgehead atoms. The Balaban J connectivity index is 1.19. The third-order valence-corrected chi connectivity index (χ3v) is 10.9. The van der Waals surface area contributed by atoms with Crippen molar-refractivity contribution in [1.82, 2.24) is 14.3 Å². The Bertz CT molecular complexity index is 2270. The lowest BCUT2D eigenvalue weighted by Crippen LogP contribution is -2.17. The first-order valence-corrected chi connectivity index (χ1v) is 18.9. The molecule has 0 aliphatic carbocycles. The van der Waals surface area contributed by atoms with Crippen LogP contribution in [0.3, 0.4) is 0 Å². The molecule has 9 nitrogen and oxygen atoms in total. The van der Waals surface area contributed by atoms with Crippen LogP contribution in [0, 0.1) is 0 Å². The fourth-order valence-electron chi connectivity index (χ4n) is 6.95. The van der Waals surface area contributed by atoms with E-state index in [2.05, 4.69) is 29.4 Å². The maximum atomic E-state index is 13.6. The smallest absolute Gasteiger partial charge is 0.355 e. The first kappa shape index (κ1) is 36.2. The van der Waals surface area contributed by atoms with Crippen LogP contribution in [0.2, 0.25) is 10.0 Å². The van der Waals surface area contributed by atoms with Crippen molar-refractivity contribution in [2.45, 2.75) is 50.2 Å². The summed E-state index contributed by atoms with van der Waals surface area (Å²) in [4.78, 5) is 14.6. The molecular formula is C40H39Cl2N3O6S. The number of halogens is 2. The molecule has 0 radical (unpaired) electrons. The van der Waals surface area contributed by atoms with Gasteiger partial charge < -0.3 is 28.6 Å². The van der Waals surface area contributed by atoms with Crippen LogP contribution in [0.5, 0.6) is 11.5 Å². The molecule has 1 aliphatic heterocycles. The van der Waals surface area contributed by atoms with E-state index in [1.807, 2.05) is 58.8 Å². The molecule has 1 N–H and O–H groups in total. The minimum atomic E-state index is -0.411. The van der Waals surface area contributed by atoms with Crippen LogP contribution >= 0.6 is 35.0 Å². The van der Waals surface area contributed by atoms with Crippen molar-refractivity contribution in [3.05, 3.63) is 105 Å². The second kappa shape index (κ2) is 15.8. The normalized spacial score (nSPS) is 12.7. The Morgan fingerprint density at radius 1 is 1.04 bits per heavy atom. The zero-order valence-electron chi connectivity index (χ0n) is 29.2. The Kier molecular flexibility index (Phi) is 11.0. The number of hydrogen-bond acceptors (Lipinski definition) is 8. The van der Waals surface area contributed by atoms with E-state index >= 15 is 0 Å². The van der Waals surface area contributed by atoms with Crippen molar-refractivity contribution in [3.63, 3.8) is 0 Å². The quantitative estimate of drug-likeness (QED) is 0.0708. The van der Waals surface area contributed by atoms with Crippen molar-refractivity contribution in [1.29, 1.82) is 0 Å². The molecule has 12 heteroatoms. The van der Waals surface area contributed by atoms with Gasteiger partial charge >= 0.3 is 5.97 Å². The predicted molar refractivity (Wildman–Crippen MR) is 206 cm³/mol. The fraction of sp³-hybridized carbons (Fsp3) is 0.300. The van der Waals surface area contributed by atoms with Crippen LogP contribution in [0.4, 0.5) is 0 Å². The second-order valence-electron chi connectivity index (χ2n) is 12.5. The summed E-state index contributed by atoms with van der Waals surface area (Å²) in [6, 6.07) is 21.9. The maximum absolute atomic E-state index is 13.6. The highest BCUT2D eigenvalue weighted by Crippen LogP contribution is 2.43. The lowest BCUT2D eigenvalue weighted by Gasteiger charge is -2.17. The van der Waals surface area contributed by atoms with E-state index in [9.17, 15) is 9.90 Å². The second-order valence-corrected chi connectivity index (χ2v) is 14.4. The van der Waals surface area contributed by atoms with E-state index < -0.39 is 5.97 Å². The first-order valence-electron chi connectivity index (χ1n) is 17.2. The minimum Gasteiger partial charge on any atom is -0.497 e. The molecule has 1 aliphatic rings. The highest BCUT2D eigenvalue weighted by Gasteiger charge is 2.29. The molecule has 0 saturated heterocycles. The number of aliphatic hydroxyl groups excluding tert-OH is 1. The Morgan fingerprint density at radius 2 is 1.85 bits per heavy atom. The molecule has 0 amide bonds. The molecule has 7 rings (SSSR count). The summed E-state index contributed by atoms with van der Waals surface area (Å²) in [6.07, 6.45) is 1.17. The number of nitrogens with zero attached hydrogens (tertiary/aromatic N) is 3. The zero-order valence-corrected chi connectivity index (χ0v) is 31.5. The number of esters is 1. The molecule has 6 aromatic rings. The molecule has 0 atom stereocenters. The lowest BCUT2D eigenvalue weighted by atomic mass is 9.97. The SMILES string of the molecule is CCOC(=O)c1c(CCCOc2cc(SCc3ccc(OC)cc3)cc3cc(Cl)ccc23)c2ccc(Cl)c(-c3c(CO)nn4c3COCC4)c2n1C. The van der Waals surface area contributed by atoms with Gasteiger partial charge in [0.25, 0.3) is 0 Å². The van der Waals surface area contributed by atoms with E-state index in [0.717, 1.165) is 60.6 Å². The summed E-state index contributed by atoms with van der Waals surface area (Å²) in [5.74, 6) is 1.98. The number of carbonyl (C=O) groups is 1.